The molecule has 1 saturated heterocycles. The number of rotatable bonds is 8. The van der Waals surface area contributed by atoms with Crippen molar-refractivity contribution in [2.75, 3.05) is 19.6 Å². The van der Waals surface area contributed by atoms with Crippen LogP contribution in [-0.4, -0.2) is 24.5 Å². The van der Waals surface area contributed by atoms with E-state index in [9.17, 15) is 0 Å². The number of nitriles is 1. The van der Waals surface area contributed by atoms with Gasteiger partial charge in [0, 0.05) is 6.57 Å². The molecule has 106 valence electrons. The number of hydrogen-bond donors (Lipinski definition) is 0. The summed E-state index contributed by atoms with van der Waals surface area (Å²) in [6.45, 7) is 12.3. The summed E-state index contributed by atoms with van der Waals surface area (Å²) in [5.74, 6) is 0.977. The Kier molecular flexibility index (Phi) is 12.5. The first-order chi connectivity index (χ1) is 8.83. The van der Waals surface area contributed by atoms with Crippen molar-refractivity contribution in [3.8, 4) is 6.57 Å². The first-order valence-electron chi connectivity index (χ1n) is 7.81. The van der Waals surface area contributed by atoms with Crippen molar-refractivity contribution in [1.29, 1.82) is 5.26 Å². The van der Waals surface area contributed by atoms with Crippen LogP contribution in [0.15, 0.2) is 0 Å². The molecule has 0 spiro atoms. The van der Waals surface area contributed by atoms with E-state index < -0.39 is 0 Å². The van der Waals surface area contributed by atoms with Gasteiger partial charge in [-0.3, -0.25) is 0 Å². The summed E-state index contributed by atoms with van der Waals surface area (Å²) >= 11 is 0. The first-order valence-corrected chi connectivity index (χ1v) is 7.81. The van der Waals surface area contributed by atoms with Crippen LogP contribution in [0.25, 0.3) is 0 Å². The minimum Gasteiger partial charge on any atom is -0.303 e. The topological polar surface area (TPSA) is 27.0 Å². The molecule has 2 nitrogen and oxygen atoms in total. The van der Waals surface area contributed by atoms with Crippen molar-refractivity contribution in [1.82, 2.24) is 4.90 Å². The standard InChI is InChI=1S/C15H31N.CHN/c1-3-4-5-6-7-8-9-12-16-13-10-15(2)11-14-16;1-2/h15H,3-14H2,1-2H3;1H. The highest BCUT2D eigenvalue weighted by atomic mass is 15.1. The maximum atomic E-state index is 6.50. The summed E-state index contributed by atoms with van der Waals surface area (Å²) < 4.78 is 0. The molecule has 0 N–H and O–H groups in total. The van der Waals surface area contributed by atoms with Crippen LogP contribution in [0, 0.1) is 17.8 Å². The van der Waals surface area contributed by atoms with Crippen molar-refractivity contribution in [3.05, 3.63) is 0 Å². The lowest BCUT2D eigenvalue weighted by Crippen LogP contribution is -2.33. The third kappa shape index (κ3) is 9.48. The monoisotopic (exact) mass is 252 g/mol. The molecule has 0 saturated carbocycles. The van der Waals surface area contributed by atoms with Gasteiger partial charge in [-0.05, 0) is 44.8 Å². The van der Waals surface area contributed by atoms with Gasteiger partial charge < -0.3 is 4.90 Å². The van der Waals surface area contributed by atoms with Crippen molar-refractivity contribution in [2.24, 2.45) is 5.92 Å². The molecular formula is C16H32N2. The second kappa shape index (κ2) is 12.9. The third-order valence-electron chi connectivity index (χ3n) is 3.95. The Labute approximate surface area is 114 Å². The second-order valence-electron chi connectivity index (χ2n) is 5.65. The van der Waals surface area contributed by atoms with Gasteiger partial charge in [-0.25, -0.2) is 5.26 Å². The van der Waals surface area contributed by atoms with Crippen LogP contribution < -0.4 is 0 Å². The SMILES string of the molecule is C#N.CCCCCCCCCN1CCC(C)CC1. The Bertz CT molecular complexity index is 181. The van der Waals surface area contributed by atoms with Crippen LogP contribution in [0.1, 0.15) is 71.6 Å². The van der Waals surface area contributed by atoms with E-state index in [1.165, 1.54) is 77.4 Å². The lowest BCUT2D eigenvalue weighted by molar-refractivity contribution is 0.189. The van der Waals surface area contributed by atoms with Gasteiger partial charge in [-0.15, -0.1) is 0 Å². The molecule has 1 aliphatic rings. The number of unbranched alkanes of at least 4 members (excludes halogenated alkanes) is 6. The van der Waals surface area contributed by atoms with E-state index in [1.54, 1.807) is 0 Å². The Morgan fingerprint density at radius 3 is 2.00 bits per heavy atom. The quantitative estimate of drug-likeness (QED) is 0.590. The van der Waals surface area contributed by atoms with E-state index in [1.807, 2.05) is 0 Å². The number of hydrogen-bond acceptors (Lipinski definition) is 2. The van der Waals surface area contributed by atoms with Crippen LogP contribution in [0.5, 0.6) is 0 Å². The fourth-order valence-electron chi connectivity index (χ4n) is 2.58. The van der Waals surface area contributed by atoms with E-state index in [-0.39, 0.29) is 0 Å². The Morgan fingerprint density at radius 1 is 0.944 bits per heavy atom. The fourth-order valence-corrected chi connectivity index (χ4v) is 2.58. The molecule has 0 aromatic carbocycles. The highest BCUT2D eigenvalue weighted by Gasteiger charge is 2.14. The van der Waals surface area contributed by atoms with Crippen molar-refractivity contribution >= 4 is 0 Å². The van der Waals surface area contributed by atoms with E-state index in [0.717, 1.165) is 5.92 Å². The molecule has 0 aromatic rings. The molecule has 2 heteroatoms. The minimum absolute atomic E-state index is 0.977. The number of piperidine rings is 1. The van der Waals surface area contributed by atoms with E-state index in [0.29, 0.717) is 0 Å². The van der Waals surface area contributed by atoms with Crippen LogP contribution in [0.3, 0.4) is 0 Å². The fraction of sp³-hybridized carbons (Fsp3) is 0.938. The molecule has 0 radical (unpaired) electrons. The van der Waals surface area contributed by atoms with Gasteiger partial charge in [0.2, 0.25) is 0 Å². The molecular weight excluding hydrogens is 220 g/mol. The molecule has 1 heterocycles. The smallest absolute Gasteiger partial charge is 0.0462 e. The second-order valence-corrected chi connectivity index (χ2v) is 5.65. The third-order valence-corrected chi connectivity index (χ3v) is 3.95. The summed E-state index contributed by atoms with van der Waals surface area (Å²) in [6.07, 6.45) is 12.9. The van der Waals surface area contributed by atoms with Gasteiger partial charge in [0.05, 0.1) is 0 Å². The Hall–Kier alpha value is -0.550. The average Bonchev–Trinajstić information content (AvgIpc) is 2.42. The molecule has 0 amide bonds. The van der Waals surface area contributed by atoms with Gasteiger partial charge in [0.25, 0.3) is 0 Å². The lowest BCUT2D eigenvalue weighted by atomic mass is 9.99. The predicted octanol–water partition coefficient (Wildman–Crippen LogP) is 4.61. The molecule has 0 aromatic heterocycles. The van der Waals surface area contributed by atoms with Gasteiger partial charge in [0.15, 0.2) is 0 Å². The van der Waals surface area contributed by atoms with Crippen LogP contribution in [-0.2, 0) is 0 Å². The molecule has 0 aliphatic carbocycles. The molecule has 0 unspecified atom stereocenters. The maximum absolute atomic E-state index is 6.50. The maximum Gasteiger partial charge on any atom is 0.0462 e. The average molecular weight is 252 g/mol. The molecule has 0 atom stereocenters. The number of likely N-dealkylation sites (tertiary alicyclic amines) is 1. The van der Waals surface area contributed by atoms with Gasteiger partial charge >= 0.3 is 0 Å². The number of nitrogens with zero attached hydrogens (tertiary/aromatic N) is 2. The van der Waals surface area contributed by atoms with E-state index in [2.05, 4.69) is 25.3 Å². The van der Waals surface area contributed by atoms with Crippen LogP contribution in [0.4, 0.5) is 0 Å². The summed E-state index contributed by atoms with van der Waals surface area (Å²) in [7, 11) is 0. The minimum atomic E-state index is 0.977. The largest absolute Gasteiger partial charge is 0.303 e. The zero-order valence-electron chi connectivity index (χ0n) is 12.5. The van der Waals surface area contributed by atoms with E-state index >= 15 is 0 Å². The van der Waals surface area contributed by atoms with Crippen molar-refractivity contribution < 1.29 is 0 Å². The molecule has 1 fully saturated rings. The lowest BCUT2D eigenvalue weighted by Gasteiger charge is -2.30. The van der Waals surface area contributed by atoms with Gasteiger partial charge in [-0.2, -0.15) is 0 Å². The van der Waals surface area contributed by atoms with Crippen LogP contribution in [0.2, 0.25) is 0 Å². The highest BCUT2D eigenvalue weighted by molar-refractivity contribution is 4.69. The summed E-state index contributed by atoms with van der Waals surface area (Å²) in [4.78, 5) is 2.67. The summed E-state index contributed by atoms with van der Waals surface area (Å²) in [5.41, 5.74) is 0. The highest BCUT2D eigenvalue weighted by Crippen LogP contribution is 2.16. The van der Waals surface area contributed by atoms with Crippen molar-refractivity contribution in [2.45, 2.75) is 71.6 Å². The van der Waals surface area contributed by atoms with E-state index in [4.69, 9.17) is 5.26 Å². The summed E-state index contributed by atoms with van der Waals surface area (Å²) in [5, 5.41) is 6.50. The Balaban J connectivity index is 0.00000137. The molecule has 1 rings (SSSR count). The normalized spacial score (nSPS) is 17.1. The van der Waals surface area contributed by atoms with Gasteiger partial charge in [0.1, 0.15) is 0 Å². The molecule has 0 bridgehead atoms. The zero-order chi connectivity index (χ0) is 13.6. The van der Waals surface area contributed by atoms with Gasteiger partial charge in [-0.1, -0.05) is 52.4 Å². The van der Waals surface area contributed by atoms with Crippen molar-refractivity contribution in [3.63, 3.8) is 0 Å². The predicted molar refractivity (Wildman–Crippen MR) is 79.5 cm³/mol. The molecule has 1 aliphatic heterocycles. The Morgan fingerprint density at radius 2 is 1.44 bits per heavy atom. The molecule has 18 heavy (non-hydrogen) atoms. The van der Waals surface area contributed by atoms with Crippen LogP contribution >= 0.6 is 0 Å². The first kappa shape index (κ1) is 17.4. The zero-order valence-corrected chi connectivity index (χ0v) is 12.5. The summed E-state index contributed by atoms with van der Waals surface area (Å²) in [6, 6.07) is 0.